The zero-order valence-corrected chi connectivity index (χ0v) is 13.5. The van der Waals surface area contributed by atoms with Gasteiger partial charge in [0, 0.05) is 44.4 Å². The van der Waals surface area contributed by atoms with Crippen LogP contribution >= 0.6 is 0 Å². The van der Waals surface area contributed by atoms with Crippen LogP contribution in [0.4, 0.5) is 0 Å². The van der Waals surface area contributed by atoms with E-state index >= 15 is 0 Å². The lowest BCUT2D eigenvalue weighted by molar-refractivity contribution is 0.0556. The summed E-state index contributed by atoms with van der Waals surface area (Å²) >= 11 is 0. The van der Waals surface area contributed by atoms with Gasteiger partial charge in [0.25, 0.3) is 0 Å². The van der Waals surface area contributed by atoms with Gasteiger partial charge in [-0.3, -0.25) is 4.90 Å². The van der Waals surface area contributed by atoms with Gasteiger partial charge in [-0.25, -0.2) is 0 Å². The van der Waals surface area contributed by atoms with Crippen LogP contribution in [0.3, 0.4) is 0 Å². The summed E-state index contributed by atoms with van der Waals surface area (Å²) in [5.41, 5.74) is 0.343. The van der Waals surface area contributed by atoms with E-state index in [1.807, 2.05) is 0 Å². The Labute approximate surface area is 120 Å². The predicted octanol–water partition coefficient (Wildman–Crippen LogP) is 3.05. The van der Waals surface area contributed by atoms with Gasteiger partial charge in [-0.05, 0) is 32.6 Å². The maximum atomic E-state index is 5.48. The zero-order chi connectivity index (χ0) is 14.1. The van der Waals surface area contributed by atoms with Crippen LogP contribution in [-0.4, -0.2) is 49.3 Å². The average molecular weight is 270 g/mol. The van der Waals surface area contributed by atoms with Crippen LogP contribution in [0.25, 0.3) is 0 Å². The third kappa shape index (κ3) is 5.05. The molecule has 1 aliphatic rings. The van der Waals surface area contributed by atoms with Crippen molar-refractivity contribution in [1.29, 1.82) is 0 Å². The Morgan fingerprint density at radius 3 is 2.53 bits per heavy atom. The summed E-state index contributed by atoms with van der Waals surface area (Å²) < 4.78 is 5.48. The van der Waals surface area contributed by atoms with Crippen molar-refractivity contribution in [2.24, 2.45) is 0 Å². The SMILES string of the molecule is CCCC1CNC(CC)(CC)CN1CCCOCC. The molecule has 0 aromatic rings. The Balaban J connectivity index is 2.52. The molecule has 0 radical (unpaired) electrons. The molecule has 1 unspecified atom stereocenters. The fourth-order valence-corrected chi connectivity index (χ4v) is 3.15. The van der Waals surface area contributed by atoms with E-state index in [0.717, 1.165) is 32.2 Å². The monoisotopic (exact) mass is 270 g/mol. The minimum Gasteiger partial charge on any atom is -0.382 e. The highest BCUT2D eigenvalue weighted by Crippen LogP contribution is 2.24. The van der Waals surface area contributed by atoms with Gasteiger partial charge in [0.2, 0.25) is 0 Å². The molecule has 1 rings (SSSR count). The molecule has 3 nitrogen and oxygen atoms in total. The lowest BCUT2D eigenvalue weighted by Crippen LogP contribution is -2.63. The fraction of sp³-hybridized carbons (Fsp3) is 1.00. The Kier molecular flexibility index (Phi) is 7.96. The van der Waals surface area contributed by atoms with Gasteiger partial charge < -0.3 is 10.1 Å². The molecule has 0 spiro atoms. The van der Waals surface area contributed by atoms with Crippen LogP contribution in [0, 0.1) is 0 Å². The number of hydrogen-bond donors (Lipinski definition) is 1. The number of rotatable bonds is 9. The highest BCUT2D eigenvalue weighted by Gasteiger charge is 2.35. The van der Waals surface area contributed by atoms with Crippen LogP contribution in [0.15, 0.2) is 0 Å². The van der Waals surface area contributed by atoms with Gasteiger partial charge >= 0.3 is 0 Å². The molecular formula is C16H34N2O. The van der Waals surface area contributed by atoms with Gasteiger partial charge in [0.1, 0.15) is 0 Å². The second-order valence-electron chi connectivity index (χ2n) is 5.83. The number of hydrogen-bond acceptors (Lipinski definition) is 3. The number of nitrogens with zero attached hydrogens (tertiary/aromatic N) is 1. The van der Waals surface area contributed by atoms with Crippen molar-refractivity contribution >= 4 is 0 Å². The maximum Gasteiger partial charge on any atom is 0.0478 e. The normalized spacial score (nSPS) is 23.7. The molecule has 114 valence electrons. The largest absolute Gasteiger partial charge is 0.382 e. The first-order valence-corrected chi connectivity index (χ1v) is 8.28. The summed E-state index contributed by atoms with van der Waals surface area (Å²) in [5.74, 6) is 0. The van der Waals surface area contributed by atoms with E-state index in [2.05, 4.69) is 37.9 Å². The first-order valence-electron chi connectivity index (χ1n) is 8.28. The summed E-state index contributed by atoms with van der Waals surface area (Å²) in [6.07, 6.45) is 6.21. The van der Waals surface area contributed by atoms with E-state index in [4.69, 9.17) is 4.74 Å². The van der Waals surface area contributed by atoms with Crippen molar-refractivity contribution in [3.05, 3.63) is 0 Å². The van der Waals surface area contributed by atoms with Crippen molar-refractivity contribution < 1.29 is 4.74 Å². The fourth-order valence-electron chi connectivity index (χ4n) is 3.15. The molecule has 1 atom stereocenters. The molecule has 19 heavy (non-hydrogen) atoms. The molecule has 1 fully saturated rings. The zero-order valence-electron chi connectivity index (χ0n) is 13.5. The molecule has 1 heterocycles. The molecule has 0 aliphatic carbocycles. The smallest absolute Gasteiger partial charge is 0.0478 e. The van der Waals surface area contributed by atoms with E-state index in [1.165, 1.54) is 38.8 Å². The lowest BCUT2D eigenvalue weighted by Gasteiger charge is -2.47. The average Bonchev–Trinajstić information content (AvgIpc) is 2.45. The summed E-state index contributed by atoms with van der Waals surface area (Å²) in [6.45, 7) is 14.3. The minimum absolute atomic E-state index is 0.343. The quantitative estimate of drug-likeness (QED) is 0.652. The molecule has 1 N–H and O–H groups in total. The van der Waals surface area contributed by atoms with Crippen LogP contribution in [0.5, 0.6) is 0 Å². The van der Waals surface area contributed by atoms with Gasteiger partial charge in [-0.15, -0.1) is 0 Å². The summed E-state index contributed by atoms with van der Waals surface area (Å²) in [6, 6.07) is 0.720. The molecule has 1 saturated heterocycles. The Hall–Kier alpha value is -0.120. The minimum atomic E-state index is 0.343. The third-order valence-corrected chi connectivity index (χ3v) is 4.65. The van der Waals surface area contributed by atoms with Gasteiger partial charge in [-0.2, -0.15) is 0 Å². The van der Waals surface area contributed by atoms with Crippen LogP contribution in [0.2, 0.25) is 0 Å². The van der Waals surface area contributed by atoms with E-state index in [1.54, 1.807) is 0 Å². The Morgan fingerprint density at radius 2 is 1.95 bits per heavy atom. The lowest BCUT2D eigenvalue weighted by atomic mass is 9.87. The number of ether oxygens (including phenoxy) is 1. The first kappa shape index (κ1) is 16.9. The Bertz CT molecular complexity index is 229. The number of piperazine rings is 1. The molecule has 0 aromatic carbocycles. The molecule has 0 aromatic heterocycles. The second kappa shape index (κ2) is 8.93. The van der Waals surface area contributed by atoms with Crippen molar-refractivity contribution in [3.8, 4) is 0 Å². The third-order valence-electron chi connectivity index (χ3n) is 4.65. The van der Waals surface area contributed by atoms with E-state index in [-0.39, 0.29) is 0 Å². The maximum absolute atomic E-state index is 5.48. The van der Waals surface area contributed by atoms with Crippen LogP contribution < -0.4 is 5.32 Å². The van der Waals surface area contributed by atoms with Crippen molar-refractivity contribution in [2.45, 2.75) is 71.4 Å². The van der Waals surface area contributed by atoms with E-state index in [9.17, 15) is 0 Å². The standard InChI is InChI=1S/C16H34N2O/c1-5-10-15-13-17-16(6-2,7-3)14-18(15)11-9-12-19-8-4/h15,17H,5-14H2,1-4H3. The highest BCUT2D eigenvalue weighted by molar-refractivity contribution is 4.96. The first-order chi connectivity index (χ1) is 9.21. The van der Waals surface area contributed by atoms with Crippen molar-refractivity contribution in [3.63, 3.8) is 0 Å². The second-order valence-corrected chi connectivity index (χ2v) is 5.83. The highest BCUT2D eigenvalue weighted by atomic mass is 16.5. The molecular weight excluding hydrogens is 236 g/mol. The predicted molar refractivity (Wildman–Crippen MR) is 82.7 cm³/mol. The summed E-state index contributed by atoms with van der Waals surface area (Å²) in [4.78, 5) is 2.71. The van der Waals surface area contributed by atoms with Gasteiger partial charge in [0.05, 0.1) is 0 Å². The van der Waals surface area contributed by atoms with Gasteiger partial charge in [0.15, 0.2) is 0 Å². The molecule has 3 heteroatoms. The van der Waals surface area contributed by atoms with E-state index < -0.39 is 0 Å². The Morgan fingerprint density at radius 1 is 1.21 bits per heavy atom. The van der Waals surface area contributed by atoms with Crippen molar-refractivity contribution in [2.75, 3.05) is 32.8 Å². The van der Waals surface area contributed by atoms with Crippen LogP contribution in [0.1, 0.15) is 59.8 Å². The molecule has 1 aliphatic heterocycles. The summed E-state index contributed by atoms with van der Waals surface area (Å²) in [7, 11) is 0. The number of nitrogens with one attached hydrogen (secondary N) is 1. The molecule has 0 amide bonds. The molecule has 0 saturated carbocycles. The van der Waals surface area contributed by atoms with Gasteiger partial charge in [-0.1, -0.05) is 27.2 Å². The van der Waals surface area contributed by atoms with E-state index in [0.29, 0.717) is 5.54 Å². The van der Waals surface area contributed by atoms with Crippen LogP contribution in [-0.2, 0) is 4.74 Å². The van der Waals surface area contributed by atoms with Crippen molar-refractivity contribution in [1.82, 2.24) is 10.2 Å². The summed E-state index contributed by atoms with van der Waals surface area (Å²) in [5, 5.41) is 3.83. The molecule has 0 bridgehead atoms. The topological polar surface area (TPSA) is 24.5 Å².